The van der Waals surface area contributed by atoms with Crippen LogP contribution in [0.2, 0.25) is 0 Å². The number of hydrogen-bond acceptors (Lipinski definition) is 4. The number of phenolic OH excluding ortho intramolecular Hbond substituents is 2. The number of amides is 1. The van der Waals surface area contributed by atoms with Crippen LogP contribution in [-0.2, 0) is 4.79 Å². The molecule has 1 aromatic rings. The molecule has 0 saturated heterocycles. The number of phenols is 2. The van der Waals surface area contributed by atoms with E-state index in [4.69, 9.17) is 0 Å². The van der Waals surface area contributed by atoms with Gasteiger partial charge in [0.05, 0.1) is 5.70 Å². The molecule has 0 aromatic heterocycles. The monoisotopic (exact) mass is 331 g/mol. The third kappa shape index (κ3) is 3.78. The maximum absolute atomic E-state index is 12.6. The Bertz CT molecular complexity index is 676. The number of nitrogens with one attached hydrogen (secondary N) is 1. The Kier molecular flexibility index (Phi) is 6.01. The van der Waals surface area contributed by atoms with Crippen LogP contribution in [0.1, 0.15) is 74.7 Å². The van der Waals surface area contributed by atoms with Crippen molar-refractivity contribution in [2.75, 3.05) is 0 Å². The lowest BCUT2D eigenvalue weighted by Crippen LogP contribution is -2.26. The van der Waals surface area contributed by atoms with Gasteiger partial charge in [-0.1, -0.05) is 33.1 Å². The van der Waals surface area contributed by atoms with Gasteiger partial charge in [-0.2, -0.15) is 0 Å². The average Bonchev–Trinajstić information content (AvgIpc) is 2.79. The van der Waals surface area contributed by atoms with E-state index in [9.17, 15) is 19.8 Å². The van der Waals surface area contributed by atoms with Gasteiger partial charge in [-0.25, -0.2) is 0 Å². The maximum atomic E-state index is 12.6. The fourth-order valence-electron chi connectivity index (χ4n) is 2.90. The highest BCUT2D eigenvalue weighted by Crippen LogP contribution is 2.40. The first-order chi connectivity index (χ1) is 11.5. The second kappa shape index (κ2) is 7.99. The molecule has 5 nitrogen and oxygen atoms in total. The van der Waals surface area contributed by atoms with Crippen LogP contribution in [0.25, 0.3) is 5.57 Å². The summed E-state index contributed by atoms with van der Waals surface area (Å²) in [6, 6.07) is 2.69. The van der Waals surface area contributed by atoms with E-state index in [1.165, 1.54) is 12.1 Å². The number of Topliss-reactive ketones (excluding diaryl/α,β-unsaturated/α-hetero) is 1. The quantitative estimate of drug-likeness (QED) is 0.498. The van der Waals surface area contributed by atoms with Crippen molar-refractivity contribution in [2.24, 2.45) is 0 Å². The zero-order chi connectivity index (χ0) is 17.7. The Hall–Kier alpha value is -2.30. The zero-order valence-electron chi connectivity index (χ0n) is 14.3. The van der Waals surface area contributed by atoms with Crippen LogP contribution in [0.4, 0.5) is 0 Å². The summed E-state index contributed by atoms with van der Waals surface area (Å²) < 4.78 is 0. The minimum atomic E-state index is -0.325. The smallest absolute Gasteiger partial charge is 0.224 e. The molecule has 24 heavy (non-hydrogen) atoms. The summed E-state index contributed by atoms with van der Waals surface area (Å²) in [5.41, 5.74) is 2.00. The van der Waals surface area contributed by atoms with E-state index in [0.29, 0.717) is 29.7 Å². The number of rotatable bonds is 8. The van der Waals surface area contributed by atoms with E-state index in [2.05, 4.69) is 12.2 Å². The summed E-state index contributed by atoms with van der Waals surface area (Å²) in [5, 5.41) is 22.2. The van der Waals surface area contributed by atoms with Crippen molar-refractivity contribution in [1.29, 1.82) is 0 Å². The first-order valence-electron chi connectivity index (χ1n) is 8.63. The molecule has 0 fully saturated rings. The van der Waals surface area contributed by atoms with Gasteiger partial charge in [-0.05, 0) is 42.5 Å². The Morgan fingerprint density at radius 3 is 2.25 bits per heavy atom. The Balaban J connectivity index is 2.34. The first-order valence-corrected chi connectivity index (χ1v) is 8.63. The number of fused-ring (bicyclic) bond motifs is 1. The summed E-state index contributed by atoms with van der Waals surface area (Å²) in [6.07, 6.45) is 5.68. The van der Waals surface area contributed by atoms with Crippen molar-refractivity contribution in [3.63, 3.8) is 0 Å². The molecular weight excluding hydrogens is 306 g/mol. The molecule has 0 aliphatic heterocycles. The molecule has 0 unspecified atom stereocenters. The predicted octanol–water partition coefficient (Wildman–Crippen LogP) is 3.89. The van der Waals surface area contributed by atoms with E-state index in [1.54, 1.807) is 0 Å². The number of carbonyl (C=O) groups is 2. The molecule has 0 saturated carbocycles. The molecule has 0 heterocycles. The van der Waals surface area contributed by atoms with Crippen molar-refractivity contribution >= 4 is 17.3 Å². The van der Waals surface area contributed by atoms with E-state index < -0.39 is 0 Å². The van der Waals surface area contributed by atoms with Gasteiger partial charge in [0.1, 0.15) is 0 Å². The second-order valence-electron chi connectivity index (χ2n) is 6.18. The molecular formula is C19H25NO4. The van der Waals surface area contributed by atoms with Crippen LogP contribution in [0.15, 0.2) is 17.8 Å². The minimum Gasteiger partial charge on any atom is -0.504 e. The third-order valence-corrected chi connectivity index (χ3v) is 4.27. The number of allylic oxidation sites excluding steroid dienone is 2. The molecule has 0 bridgehead atoms. The van der Waals surface area contributed by atoms with Crippen LogP contribution >= 0.6 is 0 Å². The Labute approximate surface area is 142 Å². The summed E-state index contributed by atoms with van der Waals surface area (Å²) >= 11 is 0. The van der Waals surface area contributed by atoms with E-state index >= 15 is 0 Å². The van der Waals surface area contributed by atoms with Crippen LogP contribution in [0.3, 0.4) is 0 Å². The first kappa shape index (κ1) is 18.0. The predicted molar refractivity (Wildman–Crippen MR) is 92.8 cm³/mol. The van der Waals surface area contributed by atoms with E-state index in [0.717, 1.165) is 37.7 Å². The van der Waals surface area contributed by atoms with Gasteiger partial charge in [0.25, 0.3) is 0 Å². The number of benzene rings is 1. The molecule has 0 atom stereocenters. The molecule has 1 aromatic carbocycles. The Morgan fingerprint density at radius 1 is 1.00 bits per heavy atom. The lowest BCUT2D eigenvalue weighted by atomic mass is 9.99. The normalized spacial score (nSPS) is 13.3. The van der Waals surface area contributed by atoms with Gasteiger partial charge < -0.3 is 15.5 Å². The molecule has 0 spiro atoms. The topological polar surface area (TPSA) is 86.6 Å². The van der Waals surface area contributed by atoms with Crippen LogP contribution in [-0.4, -0.2) is 21.9 Å². The molecule has 2 rings (SSSR count). The van der Waals surface area contributed by atoms with Gasteiger partial charge in [0, 0.05) is 12.0 Å². The summed E-state index contributed by atoms with van der Waals surface area (Å²) in [5.74, 6) is -1.05. The van der Waals surface area contributed by atoms with Gasteiger partial charge in [0.15, 0.2) is 11.5 Å². The van der Waals surface area contributed by atoms with Gasteiger partial charge in [0.2, 0.25) is 11.7 Å². The molecule has 130 valence electrons. The molecule has 5 heteroatoms. The number of aromatic hydroxyl groups is 2. The van der Waals surface area contributed by atoms with Crippen LogP contribution in [0, 0.1) is 0 Å². The van der Waals surface area contributed by atoms with Gasteiger partial charge in [-0.15, -0.1) is 0 Å². The molecule has 1 amide bonds. The molecule has 3 N–H and O–H groups in total. The van der Waals surface area contributed by atoms with Gasteiger partial charge in [-0.3, -0.25) is 9.59 Å². The zero-order valence-corrected chi connectivity index (χ0v) is 14.3. The fourth-order valence-corrected chi connectivity index (χ4v) is 2.90. The van der Waals surface area contributed by atoms with Crippen molar-refractivity contribution < 1.29 is 19.8 Å². The fraction of sp³-hybridized carbons (Fsp3) is 0.474. The molecule has 1 aliphatic carbocycles. The average molecular weight is 331 g/mol. The molecule has 1 aliphatic rings. The number of carbonyl (C=O) groups excluding carboxylic acids is 2. The lowest BCUT2D eigenvalue weighted by molar-refractivity contribution is -0.120. The van der Waals surface area contributed by atoms with E-state index in [1.807, 2.05) is 6.92 Å². The van der Waals surface area contributed by atoms with Crippen molar-refractivity contribution in [2.45, 2.75) is 58.8 Å². The van der Waals surface area contributed by atoms with Crippen molar-refractivity contribution in [3.05, 3.63) is 29.0 Å². The SMILES string of the molecule is CCCCCC1=C(NC(=O)CCCC)C(=O)c2cc(O)c(O)cc21. The summed E-state index contributed by atoms with van der Waals surface area (Å²) in [6.45, 7) is 4.10. The highest BCUT2D eigenvalue weighted by atomic mass is 16.3. The van der Waals surface area contributed by atoms with E-state index in [-0.39, 0.29) is 23.2 Å². The van der Waals surface area contributed by atoms with Crippen LogP contribution in [0.5, 0.6) is 11.5 Å². The van der Waals surface area contributed by atoms with Crippen molar-refractivity contribution in [1.82, 2.24) is 5.32 Å². The number of ketones is 1. The maximum Gasteiger partial charge on any atom is 0.224 e. The highest BCUT2D eigenvalue weighted by Gasteiger charge is 2.31. The Morgan fingerprint density at radius 2 is 1.62 bits per heavy atom. The number of unbranched alkanes of at least 4 members (excludes halogenated alkanes) is 3. The second-order valence-corrected chi connectivity index (χ2v) is 6.18. The number of hydrogen-bond donors (Lipinski definition) is 3. The van der Waals surface area contributed by atoms with Gasteiger partial charge >= 0.3 is 0 Å². The highest BCUT2D eigenvalue weighted by molar-refractivity contribution is 6.22. The lowest BCUT2D eigenvalue weighted by Gasteiger charge is -2.09. The summed E-state index contributed by atoms with van der Waals surface area (Å²) in [4.78, 5) is 24.7. The van der Waals surface area contributed by atoms with Crippen LogP contribution < -0.4 is 5.32 Å². The van der Waals surface area contributed by atoms with Crippen molar-refractivity contribution in [3.8, 4) is 11.5 Å². The summed E-state index contributed by atoms with van der Waals surface area (Å²) in [7, 11) is 0. The standard InChI is InChI=1S/C19H25NO4/c1-3-5-7-8-12-13-10-15(21)16(22)11-14(13)19(24)18(12)20-17(23)9-6-4-2/h10-11,21-22H,3-9H2,1-2H3,(H,20,23,24). The minimum absolute atomic E-state index is 0.172. The largest absolute Gasteiger partial charge is 0.504 e. The third-order valence-electron chi connectivity index (χ3n) is 4.27. The molecule has 0 radical (unpaired) electrons.